The molecule has 4 nitrogen and oxygen atoms in total. The van der Waals surface area contributed by atoms with Gasteiger partial charge in [-0.2, -0.15) is 0 Å². The van der Waals surface area contributed by atoms with Crippen molar-refractivity contribution in [1.29, 1.82) is 0 Å². The molecule has 0 aromatic rings. The van der Waals surface area contributed by atoms with Crippen molar-refractivity contribution in [3.05, 3.63) is 0 Å². The van der Waals surface area contributed by atoms with Crippen molar-refractivity contribution in [2.75, 3.05) is 6.61 Å². The summed E-state index contributed by atoms with van der Waals surface area (Å²) in [6.07, 6.45) is 0. The Hall–Kier alpha value is -0.640. The fourth-order valence-corrected chi connectivity index (χ4v) is 0.139. The minimum atomic E-state index is -0.0400. The van der Waals surface area contributed by atoms with Gasteiger partial charge in [0, 0.05) is 0 Å². The highest BCUT2D eigenvalue weighted by molar-refractivity contribution is 5.85. The molecule has 0 saturated carbocycles. The lowest BCUT2D eigenvalue weighted by Gasteiger charge is -1.89. The summed E-state index contributed by atoms with van der Waals surface area (Å²) in [6, 6.07) is 0. The molecule has 0 unspecified atom stereocenters. The number of hydrogen-bond donors (Lipinski definition) is 2. The molecule has 50 valence electrons. The zero-order valence-electron chi connectivity index (χ0n) is 4.63. The average molecular weight is 140 g/mol. The quantitative estimate of drug-likeness (QED) is 0.312. The molecule has 0 aromatic carbocycles. The number of oxime groups is 1. The van der Waals surface area contributed by atoms with Crippen LogP contribution in [0.2, 0.25) is 0 Å². The van der Waals surface area contributed by atoms with Crippen molar-refractivity contribution in [3.8, 4) is 0 Å². The summed E-state index contributed by atoms with van der Waals surface area (Å²) in [5, 5.41) is 3.22. The number of halogens is 1. The molecule has 0 aliphatic heterocycles. The second kappa shape index (κ2) is 6.36. The van der Waals surface area contributed by atoms with E-state index in [4.69, 9.17) is 11.5 Å². The van der Waals surface area contributed by atoms with Crippen LogP contribution < -0.4 is 11.5 Å². The predicted molar refractivity (Wildman–Crippen MR) is 34.7 cm³/mol. The monoisotopic (exact) mass is 139 g/mol. The Balaban J connectivity index is 0. The SMILES string of the molecule is CCON=C(N)N.Cl. The van der Waals surface area contributed by atoms with Crippen LogP contribution >= 0.6 is 12.4 Å². The summed E-state index contributed by atoms with van der Waals surface area (Å²) in [7, 11) is 0. The minimum absolute atomic E-state index is 0. The van der Waals surface area contributed by atoms with E-state index < -0.39 is 0 Å². The minimum Gasteiger partial charge on any atom is -0.393 e. The van der Waals surface area contributed by atoms with Gasteiger partial charge in [-0.15, -0.1) is 12.4 Å². The van der Waals surface area contributed by atoms with Crippen LogP contribution in [-0.4, -0.2) is 12.6 Å². The molecule has 0 aliphatic carbocycles. The van der Waals surface area contributed by atoms with Crippen molar-refractivity contribution in [2.24, 2.45) is 16.6 Å². The Morgan fingerprint density at radius 2 is 2.12 bits per heavy atom. The third-order valence-corrected chi connectivity index (χ3v) is 0.299. The number of guanidine groups is 1. The molecule has 0 aliphatic rings. The molecule has 0 rings (SSSR count). The van der Waals surface area contributed by atoms with Crippen molar-refractivity contribution < 1.29 is 4.84 Å². The highest BCUT2D eigenvalue weighted by Crippen LogP contribution is 1.68. The Morgan fingerprint density at radius 3 is 2.25 bits per heavy atom. The van der Waals surface area contributed by atoms with Crippen LogP contribution in [0.5, 0.6) is 0 Å². The van der Waals surface area contributed by atoms with Crippen molar-refractivity contribution in [2.45, 2.75) is 6.92 Å². The van der Waals surface area contributed by atoms with Crippen LogP contribution in [0.25, 0.3) is 0 Å². The third kappa shape index (κ3) is 9.03. The van der Waals surface area contributed by atoms with Gasteiger partial charge >= 0.3 is 0 Å². The maximum absolute atomic E-state index is 4.88. The largest absolute Gasteiger partial charge is 0.393 e. The topological polar surface area (TPSA) is 73.6 Å². The summed E-state index contributed by atoms with van der Waals surface area (Å²) >= 11 is 0. The molecule has 8 heavy (non-hydrogen) atoms. The first-order valence-electron chi connectivity index (χ1n) is 1.98. The first-order chi connectivity index (χ1) is 3.27. The van der Waals surface area contributed by atoms with E-state index in [9.17, 15) is 0 Å². The molecule has 0 aromatic heterocycles. The van der Waals surface area contributed by atoms with Crippen LogP contribution in [-0.2, 0) is 4.84 Å². The van der Waals surface area contributed by atoms with Crippen molar-refractivity contribution >= 4 is 18.4 Å². The Morgan fingerprint density at radius 1 is 1.62 bits per heavy atom. The first-order valence-corrected chi connectivity index (χ1v) is 1.98. The molecule has 0 radical (unpaired) electrons. The van der Waals surface area contributed by atoms with Crippen molar-refractivity contribution in [1.82, 2.24) is 0 Å². The molecule has 5 heteroatoms. The highest BCUT2D eigenvalue weighted by atomic mass is 35.5. The summed E-state index contributed by atoms with van der Waals surface area (Å²) in [5.41, 5.74) is 9.76. The van der Waals surface area contributed by atoms with E-state index in [-0.39, 0.29) is 18.4 Å². The van der Waals surface area contributed by atoms with Crippen LogP contribution in [0.3, 0.4) is 0 Å². The van der Waals surface area contributed by atoms with Crippen LogP contribution in [0.4, 0.5) is 0 Å². The van der Waals surface area contributed by atoms with Gasteiger partial charge in [-0.05, 0) is 12.1 Å². The van der Waals surface area contributed by atoms with E-state index in [1.807, 2.05) is 0 Å². The standard InChI is InChI=1S/C3H9N3O.ClH/c1-2-7-6-3(4)5;/h2H2,1H3,(H4,4,5,6);1H. The normalized spacial score (nSPS) is 6.62. The molecule has 0 saturated heterocycles. The van der Waals surface area contributed by atoms with Gasteiger partial charge in [0.05, 0.1) is 0 Å². The maximum atomic E-state index is 4.88. The maximum Gasteiger partial charge on any atom is 0.228 e. The smallest absolute Gasteiger partial charge is 0.228 e. The van der Waals surface area contributed by atoms with E-state index >= 15 is 0 Å². The van der Waals surface area contributed by atoms with Crippen molar-refractivity contribution in [3.63, 3.8) is 0 Å². The van der Waals surface area contributed by atoms with E-state index in [0.717, 1.165) is 0 Å². The van der Waals surface area contributed by atoms with Gasteiger partial charge in [-0.25, -0.2) is 0 Å². The predicted octanol–water partition coefficient (Wildman–Crippen LogP) is -0.367. The fourth-order valence-electron chi connectivity index (χ4n) is 0.139. The first kappa shape index (κ1) is 10.4. The van der Waals surface area contributed by atoms with Gasteiger partial charge in [-0.3, -0.25) is 0 Å². The molecule has 0 atom stereocenters. The van der Waals surface area contributed by atoms with E-state index in [1.54, 1.807) is 6.92 Å². The lowest BCUT2D eigenvalue weighted by molar-refractivity contribution is 0.158. The average Bonchev–Trinajstić information content (AvgIpc) is 1.61. The van der Waals surface area contributed by atoms with Gasteiger partial charge < -0.3 is 16.3 Å². The van der Waals surface area contributed by atoms with Gasteiger partial charge in [0.25, 0.3) is 0 Å². The van der Waals surface area contributed by atoms with Crippen LogP contribution in [0, 0.1) is 0 Å². The summed E-state index contributed by atoms with van der Waals surface area (Å²) in [5.74, 6) is -0.0400. The lowest BCUT2D eigenvalue weighted by Crippen LogP contribution is -2.22. The molecular weight excluding hydrogens is 130 g/mol. The molecule has 0 amide bonds. The molecule has 0 fully saturated rings. The zero-order valence-corrected chi connectivity index (χ0v) is 5.44. The van der Waals surface area contributed by atoms with E-state index in [0.29, 0.717) is 6.61 Å². The molecule has 4 N–H and O–H groups in total. The van der Waals surface area contributed by atoms with E-state index in [2.05, 4.69) is 9.99 Å². The molecule has 0 heterocycles. The highest BCUT2D eigenvalue weighted by Gasteiger charge is 1.73. The van der Waals surface area contributed by atoms with E-state index in [1.165, 1.54) is 0 Å². The number of nitrogens with zero attached hydrogens (tertiary/aromatic N) is 1. The number of rotatable bonds is 2. The van der Waals surface area contributed by atoms with Crippen LogP contribution in [0.15, 0.2) is 5.16 Å². The Bertz CT molecular complexity index is 70.9. The summed E-state index contributed by atoms with van der Waals surface area (Å²) in [4.78, 5) is 4.43. The third-order valence-electron chi connectivity index (χ3n) is 0.299. The molecular formula is C3H10ClN3O. The van der Waals surface area contributed by atoms with Gasteiger partial charge in [0.2, 0.25) is 5.96 Å². The van der Waals surface area contributed by atoms with Gasteiger partial charge in [0.1, 0.15) is 6.61 Å². The molecule has 0 bridgehead atoms. The fraction of sp³-hybridized carbons (Fsp3) is 0.667. The second-order valence-corrected chi connectivity index (χ2v) is 0.934. The second-order valence-electron chi connectivity index (χ2n) is 0.934. The summed E-state index contributed by atoms with van der Waals surface area (Å²) in [6.45, 7) is 2.30. The van der Waals surface area contributed by atoms with Gasteiger partial charge in [0.15, 0.2) is 0 Å². The summed E-state index contributed by atoms with van der Waals surface area (Å²) < 4.78 is 0. The zero-order chi connectivity index (χ0) is 5.70. The lowest BCUT2D eigenvalue weighted by atomic mass is 10.9. The van der Waals surface area contributed by atoms with Gasteiger partial charge in [-0.1, -0.05) is 0 Å². The Labute approximate surface area is 54.3 Å². The number of hydrogen-bond acceptors (Lipinski definition) is 2. The Kier molecular flexibility index (Phi) is 8.24. The molecule has 0 spiro atoms. The van der Waals surface area contributed by atoms with Crippen LogP contribution in [0.1, 0.15) is 6.92 Å². The number of nitrogens with two attached hydrogens (primary N) is 2.